The van der Waals surface area contributed by atoms with Crippen LogP contribution in [0.1, 0.15) is 25.7 Å². The molecule has 4 rings (SSSR count). The summed E-state index contributed by atoms with van der Waals surface area (Å²) in [5.41, 5.74) is -0.782. The van der Waals surface area contributed by atoms with Crippen molar-refractivity contribution in [3.8, 4) is 0 Å². The van der Waals surface area contributed by atoms with Crippen molar-refractivity contribution in [2.24, 2.45) is 11.8 Å². The minimum absolute atomic E-state index is 0.155. The fourth-order valence-electron chi connectivity index (χ4n) is 4.05. The molecule has 2 saturated carbocycles. The van der Waals surface area contributed by atoms with E-state index in [4.69, 9.17) is 4.74 Å². The van der Waals surface area contributed by atoms with Gasteiger partial charge in [-0.25, -0.2) is 0 Å². The fraction of sp³-hybridized carbons (Fsp3) is 0.667. The molecular formula is C12H12O3. The first-order valence-corrected chi connectivity index (χ1v) is 5.63. The second kappa shape index (κ2) is 2.09. The lowest BCUT2D eigenvalue weighted by molar-refractivity contribution is -0.129. The number of ketones is 2. The zero-order valence-corrected chi connectivity index (χ0v) is 8.36. The number of carbonyl (C=O) groups is 2. The Bertz CT molecular complexity index is 387. The van der Waals surface area contributed by atoms with Crippen LogP contribution in [0.3, 0.4) is 0 Å². The van der Waals surface area contributed by atoms with E-state index in [0.717, 1.165) is 12.8 Å². The molecule has 15 heavy (non-hydrogen) atoms. The highest BCUT2D eigenvalue weighted by Gasteiger charge is 2.71. The van der Waals surface area contributed by atoms with Gasteiger partial charge in [0.2, 0.25) is 0 Å². The van der Waals surface area contributed by atoms with E-state index in [-0.39, 0.29) is 23.4 Å². The molecular weight excluding hydrogens is 192 g/mol. The highest BCUT2D eigenvalue weighted by Crippen LogP contribution is 2.63. The number of Topliss-reactive ketones (excluding diaryl/α,β-unsaturated/α-hetero) is 2. The Balaban J connectivity index is 1.94. The monoisotopic (exact) mass is 204 g/mol. The van der Waals surface area contributed by atoms with E-state index >= 15 is 0 Å². The van der Waals surface area contributed by atoms with Crippen molar-refractivity contribution in [2.75, 3.05) is 0 Å². The summed E-state index contributed by atoms with van der Waals surface area (Å²) in [5.74, 6) is 0.165. The molecule has 2 aliphatic heterocycles. The van der Waals surface area contributed by atoms with E-state index < -0.39 is 11.2 Å². The molecule has 2 bridgehead atoms. The van der Waals surface area contributed by atoms with Crippen molar-refractivity contribution < 1.29 is 14.3 Å². The average molecular weight is 204 g/mol. The average Bonchev–Trinajstić information content (AvgIpc) is 2.88. The Morgan fingerprint density at radius 3 is 1.93 bits per heavy atom. The Labute approximate surface area is 87.5 Å². The van der Waals surface area contributed by atoms with Crippen molar-refractivity contribution in [3.63, 3.8) is 0 Å². The standard InChI is InChI=1S/C12H12O3/c13-7-1-3-11-5-6-12(15-11)4-2-8(14)10(12)9(7)11/h5-6,9-10H,1-4H2/t9-,10+,11-,12-/m0/s1. The summed E-state index contributed by atoms with van der Waals surface area (Å²) in [5, 5.41) is 0. The number of fused-ring (bicyclic) bond motifs is 1. The molecule has 3 nitrogen and oxygen atoms in total. The first-order valence-electron chi connectivity index (χ1n) is 5.63. The minimum Gasteiger partial charge on any atom is -0.359 e. The van der Waals surface area contributed by atoms with Gasteiger partial charge in [0.15, 0.2) is 0 Å². The zero-order valence-electron chi connectivity index (χ0n) is 8.36. The van der Waals surface area contributed by atoms with Gasteiger partial charge in [-0.15, -0.1) is 0 Å². The third-order valence-electron chi connectivity index (χ3n) is 4.63. The third-order valence-corrected chi connectivity index (χ3v) is 4.63. The Kier molecular flexibility index (Phi) is 1.15. The number of hydrogen-bond acceptors (Lipinski definition) is 3. The Morgan fingerprint density at radius 2 is 1.47 bits per heavy atom. The lowest BCUT2D eigenvalue weighted by Gasteiger charge is -2.24. The van der Waals surface area contributed by atoms with E-state index in [1.807, 2.05) is 0 Å². The van der Waals surface area contributed by atoms with Gasteiger partial charge in [0.25, 0.3) is 0 Å². The van der Waals surface area contributed by atoms with Gasteiger partial charge in [0, 0.05) is 12.8 Å². The number of ether oxygens (including phenoxy) is 1. The first kappa shape index (κ1) is 8.22. The van der Waals surface area contributed by atoms with Crippen LogP contribution in [0.25, 0.3) is 0 Å². The van der Waals surface area contributed by atoms with Crippen molar-refractivity contribution in [1.29, 1.82) is 0 Å². The summed E-state index contributed by atoms with van der Waals surface area (Å²) in [6.07, 6.45) is 6.82. The zero-order chi connectivity index (χ0) is 10.3. The SMILES string of the molecule is O=C1CC[C@]23C=C[C@]4(CCC(=O)[C@H]4[C@@H]12)O3. The quantitative estimate of drug-likeness (QED) is 0.553. The van der Waals surface area contributed by atoms with Crippen molar-refractivity contribution in [3.05, 3.63) is 12.2 Å². The minimum atomic E-state index is -0.391. The molecule has 0 amide bonds. The molecule has 2 heterocycles. The van der Waals surface area contributed by atoms with E-state index in [2.05, 4.69) is 12.2 Å². The molecule has 78 valence electrons. The molecule has 4 atom stereocenters. The summed E-state index contributed by atoms with van der Waals surface area (Å²) in [6, 6.07) is 0. The highest BCUT2D eigenvalue weighted by atomic mass is 16.5. The largest absolute Gasteiger partial charge is 0.359 e. The van der Waals surface area contributed by atoms with E-state index in [9.17, 15) is 9.59 Å². The summed E-state index contributed by atoms with van der Waals surface area (Å²) >= 11 is 0. The van der Waals surface area contributed by atoms with Gasteiger partial charge in [-0.1, -0.05) is 12.2 Å². The second-order valence-electron chi connectivity index (χ2n) is 5.23. The summed E-state index contributed by atoms with van der Waals surface area (Å²) in [4.78, 5) is 23.7. The van der Waals surface area contributed by atoms with Crippen LogP contribution in [0.5, 0.6) is 0 Å². The summed E-state index contributed by atoms with van der Waals surface area (Å²) in [6.45, 7) is 0. The molecule has 0 aromatic rings. The van der Waals surface area contributed by atoms with Crippen LogP contribution in [0, 0.1) is 11.8 Å². The maximum atomic E-state index is 11.9. The van der Waals surface area contributed by atoms with E-state index in [0.29, 0.717) is 12.8 Å². The molecule has 3 heteroatoms. The molecule has 0 radical (unpaired) electrons. The summed E-state index contributed by atoms with van der Waals surface area (Å²) < 4.78 is 6.08. The molecule has 0 unspecified atom stereocenters. The Hall–Kier alpha value is -0.960. The van der Waals surface area contributed by atoms with Crippen molar-refractivity contribution in [1.82, 2.24) is 0 Å². The molecule has 0 N–H and O–H groups in total. The smallest absolute Gasteiger partial charge is 0.140 e. The number of rotatable bonds is 0. The lowest BCUT2D eigenvalue weighted by Crippen LogP contribution is -2.38. The molecule has 0 aromatic heterocycles. The topological polar surface area (TPSA) is 43.4 Å². The van der Waals surface area contributed by atoms with Crippen LogP contribution in [0.2, 0.25) is 0 Å². The Morgan fingerprint density at radius 1 is 1.00 bits per heavy atom. The van der Waals surface area contributed by atoms with E-state index in [1.165, 1.54) is 0 Å². The van der Waals surface area contributed by atoms with Gasteiger partial charge in [0.1, 0.15) is 11.6 Å². The maximum Gasteiger partial charge on any atom is 0.140 e. The van der Waals surface area contributed by atoms with Crippen LogP contribution >= 0.6 is 0 Å². The van der Waals surface area contributed by atoms with Gasteiger partial charge in [-0.3, -0.25) is 9.59 Å². The molecule has 2 spiro atoms. The van der Waals surface area contributed by atoms with Gasteiger partial charge in [0.05, 0.1) is 23.0 Å². The van der Waals surface area contributed by atoms with Gasteiger partial charge >= 0.3 is 0 Å². The number of carbonyl (C=O) groups excluding carboxylic acids is 2. The van der Waals surface area contributed by atoms with Crippen LogP contribution in [0.15, 0.2) is 12.2 Å². The van der Waals surface area contributed by atoms with Crippen LogP contribution in [0.4, 0.5) is 0 Å². The van der Waals surface area contributed by atoms with Crippen LogP contribution in [-0.2, 0) is 14.3 Å². The predicted molar refractivity (Wildman–Crippen MR) is 51.1 cm³/mol. The molecule has 4 aliphatic rings. The first-order chi connectivity index (χ1) is 7.17. The third kappa shape index (κ3) is 0.689. The van der Waals surface area contributed by atoms with Crippen molar-refractivity contribution in [2.45, 2.75) is 36.9 Å². The predicted octanol–water partition coefficient (Wildman–Crippen LogP) is 1.02. The second-order valence-corrected chi connectivity index (χ2v) is 5.23. The molecule has 3 fully saturated rings. The fourth-order valence-corrected chi connectivity index (χ4v) is 4.05. The van der Waals surface area contributed by atoms with Crippen LogP contribution in [-0.4, -0.2) is 22.8 Å². The molecule has 0 aromatic carbocycles. The van der Waals surface area contributed by atoms with Gasteiger partial charge < -0.3 is 4.74 Å². The molecule has 1 saturated heterocycles. The lowest BCUT2D eigenvalue weighted by atomic mass is 9.73. The van der Waals surface area contributed by atoms with Gasteiger partial charge in [-0.05, 0) is 12.8 Å². The normalized spacial score (nSPS) is 55.2. The van der Waals surface area contributed by atoms with Gasteiger partial charge in [-0.2, -0.15) is 0 Å². The maximum absolute atomic E-state index is 11.9. The van der Waals surface area contributed by atoms with Crippen molar-refractivity contribution >= 4 is 11.6 Å². The summed E-state index contributed by atoms with van der Waals surface area (Å²) in [7, 11) is 0. The highest BCUT2D eigenvalue weighted by molar-refractivity contribution is 5.96. The number of hydrogen-bond donors (Lipinski definition) is 0. The van der Waals surface area contributed by atoms with Crippen LogP contribution < -0.4 is 0 Å². The molecule has 2 aliphatic carbocycles. The van der Waals surface area contributed by atoms with E-state index in [1.54, 1.807) is 0 Å².